The number of nitrogens with one attached hydrogen (secondary N) is 1. The molecule has 1 amide bonds. The molecular weight excluding hydrogens is 282 g/mol. The van der Waals surface area contributed by atoms with Crippen LogP contribution in [0.2, 0.25) is 0 Å². The van der Waals surface area contributed by atoms with Crippen molar-refractivity contribution in [3.63, 3.8) is 0 Å². The molecule has 0 radical (unpaired) electrons. The molecule has 0 aliphatic carbocycles. The first-order chi connectivity index (χ1) is 10.2. The number of pyridine rings is 1. The van der Waals surface area contributed by atoms with Crippen molar-refractivity contribution in [3.05, 3.63) is 36.0 Å². The van der Waals surface area contributed by atoms with Gasteiger partial charge in [-0.15, -0.1) is 0 Å². The number of thioether (sulfide) groups is 1. The minimum Gasteiger partial charge on any atom is -0.388 e. The number of para-hydroxylation sites is 1. The van der Waals surface area contributed by atoms with Gasteiger partial charge in [0.25, 0.3) is 5.91 Å². The normalized spacial score (nSPS) is 17.9. The van der Waals surface area contributed by atoms with Gasteiger partial charge in [-0.3, -0.25) is 4.79 Å². The molecule has 1 N–H and O–H groups in total. The van der Waals surface area contributed by atoms with Crippen molar-refractivity contribution < 1.29 is 4.79 Å². The molecule has 4 nitrogen and oxygen atoms in total. The van der Waals surface area contributed by atoms with E-state index in [1.54, 1.807) is 0 Å². The second kappa shape index (κ2) is 5.93. The van der Waals surface area contributed by atoms with E-state index in [1.807, 2.05) is 61.1 Å². The number of benzene rings is 1. The fourth-order valence-corrected chi connectivity index (χ4v) is 3.93. The van der Waals surface area contributed by atoms with Gasteiger partial charge >= 0.3 is 0 Å². The van der Waals surface area contributed by atoms with Crippen molar-refractivity contribution >= 4 is 34.3 Å². The maximum atomic E-state index is 12.7. The van der Waals surface area contributed by atoms with E-state index in [0.29, 0.717) is 11.7 Å². The molecule has 3 rings (SSSR count). The lowest BCUT2D eigenvalue weighted by Gasteiger charge is -2.23. The van der Waals surface area contributed by atoms with Gasteiger partial charge in [-0.1, -0.05) is 18.2 Å². The molecule has 110 valence electrons. The number of rotatable bonds is 3. The van der Waals surface area contributed by atoms with Crippen LogP contribution in [0, 0.1) is 0 Å². The van der Waals surface area contributed by atoms with Crippen LogP contribution in [-0.2, 0) is 0 Å². The first-order valence-electron chi connectivity index (χ1n) is 7.13. The molecule has 0 spiro atoms. The van der Waals surface area contributed by atoms with Crippen LogP contribution in [0.4, 0.5) is 5.69 Å². The lowest BCUT2D eigenvalue weighted by atomic mass is 10.1. The SMILES string of the molecule is CNc1cc(C(=O)N(C)C2CCSC2)nc2ccccc12. The van der Waals surface area contributed by atoms with Gasteiger partial charge in [0.15, 0.2) is 0 Å². The number of aromatic nitrogens is 1. The van der Waals surface area contributed by atoms with E-state index in [0.717, 1.165) is 34.5 Å². The van der Waals surface area contributed by atoms with E-state index in [1.165, 1.54) is 0 Å². The summed E-state index contributed by atoms with van der Waals surface area (Å²) in [7, 11) is 3.75. The van der Waals surface area contributed by atoms with Crippen LogP contribution in [0.5, 0.6) is 0 Å². The molecule has 1 aromatic carbocycles. The number of hydrogen-bond acceptors (Lipinski definition) is 4. The molecule has 1 aliphatic heterocycles. The zero-order chi connectivity index (χ0) is 14.8. The quantitative estimate of drug-likeness (QED) is 0.947. The second-order valence-electron chi connectivity index (χ2n) is 5.26. The summed E-state index contributed by atoms with van der Waals surface area (Å²) in [5.74, 6) is 2.16. The Morgan fingerprint density at radius 1 is 1.43 bits per heavy atom. The van der Waals surface area contributed by atoms with Gasteiger partial charge in [-0.2, -0.15) is 11.8 Å². The van der Waals surface area contributed by atoms with E-state index in [9.17, 15) is 4.79 Å². The molecule has 2 aromatic rings. The number of carbonyl (C=O) groups excluding carboxylic acids is 1. The van der Waals surface area contributed by atoms with E-state index in [-0.39, 0.29) is 5.91 Å². The number of anilines is 1. The highest BCUT2D eigenvalue weighted by Crippen LogP contribution is 2.25. The average molecular weight is 301 g/mol. The Labute approximate surface area is 128 Å². The maximum Gasteiger partial charge on any atom is 0.272 e. The molecule has 1 atom stereocenters. The van der Waals surface area contributed by atoms with Crippen LogP contribution in [-0.4, -0.2) is 47.4 Å². The monoisotopic (exact) mass is 301 g/mol. The van der Waals surface area contributed by atoms with Gasteiger partial charge in [-0.05, 0) is 24.3 Å². The number of amides is 1. The predicted octanol–water partition coefficient (Wildman–Crippen LogP) is 2.85. The fraction of sp³-hybridized carbons (Fsp3) is 0.375. The number of hydrogen-bond donors (Lipinski definition) is 1. The van der Waals surface area contributed by atoms with Crippen molar-refractivity contribution in [2.75, 3.05) is 30.9 Å². The largest absolute Gasteiger partial charge is 0.388 e. The van der Waals surface area contributed by atoms with Crippen molar-refractivity contribution in [1.82, 2.24) is 9.88 Å². The number of carbonyl (C=O) groups is 1. The molecular formula is C16H19N3OS. The molecule has 5 heteroatoms. The summed E-state index contributed by atoms with van der Waals surface area (Å²) in [5.41, 5.74) is 2.30. The van der Waals surface area contributed by atoms with Crippen LogP contribution in [0.15, 0.2) is 30.3 Å². The fourth-order valence-electron chi connectivity index (χ4n) is 2.67. The first kappa shape index (κ1) is 14.2. The van der Waals surface area contributed by atoms with E-state index >= 15 is 0 Å². The van der Waals surface area contributed by atoms with Crippen molar-refractivity contribution in [2.45, 2.75) is 12.5 Å². The highest BCUT2D eigenvalue weighted by atomic mass is 32.2. The van der Waals surface area contributed by atoms with Crippen LogP contribution in [0.3, 0.4) is 0 Å². The third-order valence-corrected chi connectivity index (χ3v) is 5.12. The van der Waals surface area contributed by atoms with Crippen molar-refractivity contribution in [2.24, 2.45) is 0 Å². The predicted molar refractivity (Wildman–Crippen MR) is 89.1 cm³/mol. The average Bonchev–Trinajstić information content (AvgIpc) is 3.06. The Morgan fingerprint density at radius 3 is 2.95 bits per heavy atom. The van der Waals surface area contributed by atoms with Crippen molar-refractivity contribution in [3.8, 4) is 0 Å². The molecule has 21 heavy (non-hydrogen) atoms. The van der Waals surface area contributed by atoms with Gasteiger partial charge in [0.1, 0.15) is 5.69 Å². The standard InChI is InChI=1S/C16H19N3OS/c1-17-14-9-15(18-13-6-4-3-5-12(13)14)16(20)19(2)11-7-8-21-10-11/h3-6,9,11H,7-8,10H2,1-2H3,(H,17,18). The van der Waals surface area contributed by atoms with Crippen LogP contribution < -0.4 is 5.32 Å². The minimum absolute atomic E-state index is 0.00440. The minimum atomic E-state index is 0.00440. The van der Waals surface area contributed by atoms with Gasteiger partial charge in [0.05, 0.1) is 5.52 Å². The maximum absolute atomic E-state index is 12.7. The van der Waals surface area contributed by atoms with E-state index in [4.69, 9.17) is 0 Å². The molecule has 1 fully saturated rings. The van der Waals surface area contributed by atoms with Gasteiger partial charge in [0, 0.05) is 37.0 Å². The summed E-state index contributed by atoms with van der Waals surface area (Å²) in [4.78, 5) is 19.1. The van der Waals surface area contributed by atoms with Crippen molar-refractivity contribution in [1.29, 1.82) is 0 Å². The number of nitrogens with zero attached hydrogens (tertiary/aromatic N) is 2. The molecule has 1 saturated heterocycles. The van der Waals surface area contributed by atoms with Crippen LogP contribution >= 0.6 is 11.8 Å². The highest BCUT2D eigenvalue weighted by Gasteiger charge is 2.25. The zero-order valence-corrected chi connectivity index (χ0v) is 13.1. The molecule has 2 heterocycles. The Hall–Kier alpha value is -1.75. The second-order valence-corrected chi connectivity index (χ2v) is 6.41. The Morgan fingerprint density at radius 2 is 2.24 bits per heavy atom. The Kier molecular flexibility index (Phi) is 4.01. The summed E-state index contributed by atoms with van der Waals surface area (Å²) >= 11 is 1.91. The highest BCUT2D eigenvalue weighted by molar-refractivity contribution is 7.99. The van der Waals surface area contributed by atoms with E-state index < -0.39 is 0 Å². The van der Waals surface area contributed by atoms with Gasteiger partial charge < -0.3 is 10.2 Å². The summed E-state index contributed by atoms with van der Waals surface area (Å²) in [6.07, 6.45) is 1.07. The Balaban J connectivity index is 1.97. The molecule has 1 aliphatic rings. The third kappa shape index (κ3) is 2.70. The Bertz CT molecular complexity index is 668. The number of fused-ring (bicyclic) bond motifs is 1. The van der Waals surface area contributed by atoms with Gasteiger partial charge in [-0.25, -0.2) is 4.98 Å². The first-order valence-corrected chi connectivity index (χ1v) is 8.28. The van der Waals surface area contributed by atoms with E-state index in [2.05, 4.69) is 10.3 Å². The lowest BCUT2D eigenvalue weighted by molar-refractivity contribution is 0.0742. The molecule has 1 aromatic heterocycles. The topological polar surface area (TPSA) is 45.2 Å². The third-order valence-electron chi connectivity index (χ3n) is 3.98. The summed E-state index contributed by atoms with van der Waals surface area (Å²) in [6, 6.07) is 10.1. The summed E-state index contributed by atoms with van der Waals surface area (Å²) in [5, 5.41) is 4.20. The zero-order valence-electron chi connectivity index (χ0n) is 12.3. The van der Waals surface area contributed by atoms with Crippen LogP contribution in [0.1, 0.15) is 16.9 Å². The molecule has 0 saturated carbocycles. The molecule has 1 unspecified atom stereocenters. The molecule has 0 bridgehead atoms. The van der Waals surface area contributed by atoms with Gasteiger partial charge in [0.2, 0.25) is 0 Å². The lowest BCUT2D eigenvalue weighted by Crippen LogP contribution is -2.37. The summed E-state index contributed by atoms with van der Waals surface area (Å²) in [6.45, 7) is 0. The smallest absolute Gasteiger partial charge is 0.272 e. The summed E-state index contributed by atoms with van der Waals surface area (Å²) < 4.78 is 0. The van der Waals surface area contributed by atoms with Crippen LogP contribution in [0.25, 0.3) is 10.9 Å².